The summed E-state index contributed by atoms with van der Waals surface area (Å²) < 4.78 is 5.25. The fraction of sp³-hybridized carbons (Fsp3) is 0.560. The van der Waals surface area contributed by atoms with E-state index in [4.69, 9.17) is 4.74 Å². The van der Waals surface area contributed by atoms with Crippen molar-refractivity contribution in [2.24, 2.45) is 5.92 Å². The maximum atomic E-state index is 13.6. The molecular weight excluding hydrogens is 390 g/mol. The van der Waals surface area contributed by atoms with E-state index in [2.05, 4.69) is 18.2 Å². The highest BCUT2D eigenvalue weighted by Gasteiger charge is 2.39. The molecular formula is C25H37N3O3. The zero-order chi connectivity index (χ0) is 22.2. The number of methoxy groups -OCH3 is 1. The summed E-state index contributed by atoms with van der Waals surface area (Å²) >= 11 is 0. The molecule has 2 amide bonds. The van der Waals surface area contributed by atoms with E-state index in [-0.39, 0.29) is 12.1 Å². The van der Waals surface area contributed by atoms with Crippen LogP contribution in [0.15, 0.2) is 49.6 Å². The fourth-order valence-corrected chi connectivity index (χ4v) is 4.81. The second kappa shape index (κ2) is 11.3. The first-order valence-electron chi connectivity index (χ1n) is 11.4. The van der Waals surface area contributed by atoms with Crippen LogP contribution in [0.2, 0.25) is 0 Å². The number of rotatable bonds is 9. The Balaban J connectivity index is 1.85. The van der Waals surface area contributed by atoms with Crippen molar-refractivity contribution in [3.05, 3.63) is 55.1 Å². The van der Waals surface area contributed by atoms with Gasteiger partial charge in [-0.3, -0.25) is 5.01 Å². The largest absolute Gasteiger partial charge is 0.497 e. The average molecular weight is 428 g/mol. The van der Waals surface area contributed by atoms with Gasteiger partial charge in [-0.2, -0.15) is 0 Å². The van der Waals surface area contributed by atoms with Gasteiger partial charge < -0.3 is 14.7 Å². The summed E-state index contributed by atoms with van der Waals surface area (Å²) in [5.41, 5.74) is 1.06. The molecule has 1 aromatic carbocycles. The number of hydrogen-bond donors (Lipinski definition) is 1. The molecule has 1 aromatic rings. The van der Waals surface area contributed by atoms with Crippen LogP contribution in [0.5, 0.6) is 5.75 Å². The van der Waals surface area contributed by atoms with E-state index < -0.39 is 6.10 Å². The van der Waals surface area contributed by atoms with E-state index in [0.29, 0.717) is 32.0 Å². The molecule has 1 aliphatic heterocycles. The SMILES string of the molecule is C=CCN1C(=O)N(CC=C)N(CC2CCCCC2)C[C@H](O)[C@@H]1Cc1ccc(OC)cc1. The molecule has 1 saturated heterocycles. The molecule has 0 spiro atoms. The number of β-amino-alcohol motifs (C(OH)–C–C–N with tert-alkyl or cyclic N) is 1. The van der Waals surface area contributed by atoms with Crippen molar-refractivity contribution < 1.29 is 14.6 Å². The number of benzene rings is 1. The van der Waals surface area contributed by atoms with Crippen molar-refractivity contribution in [3.63, 3.8) is 0 Å². The second-order valence-corrected chi connectivity index (χ2v) is 8.66. The molecule has 1 saturated carbocycles. The Hall–Kier alpha value is -2.31. The summed E-state index contributed by atoms with van der Waals surface area (Å²) in [6.45, 7) is 9.77. The quantitative estimate of drug-likeness (QED) is 0.608. The summed E-state index contributed by atoms with van der Waals surface area (Å²) in [5, 5.41) is 15.1. The van der Waals surface area contributed by atoms with Crippen LogP contribution < -0.4 is 4.74 Å². The smallest absolute Gasteiger partial charge is 0.335 e. The van der Waals surface area contributed by atoms with Crippen LogP contribution in [0.3, 0.4) is 0 Å². The maximum absolute atomic E-state index is 13.6. The van der Waals surface area contributed by atoms with Crippen LogP contribution in [0.25, 0.3) is 0 Å². The molecule has 31 heavy (non-hydrogen) atoms. The van der Waals surface area contributed by atoms with Gasteiger partial charge in [0, 0.05) is 19.6 Å². The lowest BCUT2D eigenvalue weighted by Crippen LogP contribution is -2.52. The topological polar surface area (TPSA) is 56.3 Å². The number of carbonyl (C=O) groups is 1. The van der Waals surface area contributed by atoms with E-state index in [1.807, 2.05) is 24.3 Å². The molecule has 3 rings (SSSR count). The number of hydrazine groups is 1. The van der Waals surface area contributed by atoms with Crippen LogP contribution in [-0.4, -0.2) is 71.5 Å². The van der Waals surface area contributed by atoms with E-state index in [1.54, 1.807) is 29.2 Å². The fourth-order valence-electron chi connectivity index (χ4n) is 4.81. The molecule has 0 unspecified atom stereocenters. The number of amides is 2. The van der Waals surface area contributed by atoms with Gasteiger partial charge in [0.25, 0.3) is 0 Å². The van der Waals surface area contributed by atoms with Gasteiger partial charge >= 0.3 is 6.03 Å². The Morgan fingerprint density at radius 2 is 1.77 bits per heavy atom. The van der Waals surface area contributed by atoms with Crippen LogP contribution in [0.4, 0.5) is 4.79 Å². The van der Waals surface area contributed by atoms with Gasteiger partial charge in [0.1, 0.15) is 5.75 Å². The van der Waals surface area contributed by atoms with Gasteiger partial charge in [0.15, 0.2) is 0 Å². The lowest BCUT2D eigenvalue weighted by Gasteiger charge is -2.37. The number of aliphatic hydroxyl groups excluding tert-OH is 1. The number of carbonyl (C=O) groups excluding carboxylic acids is 1. The van der Waals surface area contributed by atoms with Crippen LogP contribution in [0.1, 0.15) is 37.7 Å². The van der Waals surface area contributed by atoms with Gasteiger partial charge in [-0.25, -0.2) is 9.80 Å². The number of aliphatic hydroxyl groups is 1. The number of ether oxygens (including phenoxy) is 1. The predicted molar refractivity (Wildman–Crippen MR) is 124 cm³/mol. The molecule has 2 fully saturated rings. The monoisotopic (exact) mass is 427 g/mol. The van der Waals surface area contributed by atoms with Crippen molar-refractivity contribution in [1.82, 2.24) is 14.9 Å². The third-order valence-electron chi connectivity index (χ3n) is 6.48. The van der Waals surface area contributed by atoms with Crippen molar-refractivity contribution in [3.8, 4) is 5.75 Å². The van der Waals surface area contributed by atoms with Crippen molar-refractivity contribution in [2.75, 3.05) is 33.3 Å². The molecule has 2 aliphatic rings. The highest BCUT2D eigenvalue weighted by Crippen LogP contribution is 2.28. The van der Waals surface area contributed by atoms with Gasteiger partial charge in [-0.1, -0.05) is 43.5 Å². The Morgan fingerprint density at radius 3 is 2.39 bits per heavy atom. The molecule has 0 bridgehead atoms. The molecule has 1 heterocycles. The van der Waals surface area contributed by atoms with Crippen molar-refractivity contribution in [1.29, 1.82) is 0 Å². The molecule has 1 N–H and O–H groups in total. The van der Waals surface area contributed by atoms with E-state index in [0.717, 1.165) is 17.9 Å². The first kappa shape index (κ1) is 23.4. The predicted octanol–water partition coefficient (Wildman–Crippen LogP) is 3.87. The summed E-state index contributed by atoms with van der Waals surface area (Å²) in [4.78, 5) is 15.4. The molecule has 1 aliphatic carbocycles. The van der Waals surface area contributed by atoms with E-state index in [1.165, 1.54) is 32.1 Å². The molecule has 0 radical (unpaired) electrons. The van der Waals surface area contributed by atoms with Crippen LogP contribution >= 0.6 is 0 Å². The van der Waals surface area contributed by atoms with Crippen molar-refractivity contribution >= 4 is 6.03 Å². The highest BCUT2D eigenvalue weighted by molar-refractivity contribution is 5.75. The summed E-state index contributed by atoms with van der Waals surface area (Å²) in [6.07, 6.45) is 9.57. The van der Waals surface area contributed by atoms with Crippen molar-refractivity contribution in [2.45, 2.75) is 50.7 Å². The zero-order valence-electron chi connectivity index (χ0n) is 18.8. The number of hydrogen-bond acceptors (Lipinski definition) is 4. The summed E-state index contributed by atoms with van der Waals surface area (Å²) in [6, 6.07) is 7.39. The standard InChI is InChI=1S/C25H37N3O3/c1-4-15-27-23(17-20-11-13-22(31-3)14-12-20)24(29)19-26(28(16-5-2)25(27)30)18-21-9-7-6-8-10-21/h4-5,11-14,21,23-24,29H,1-2,6-10,15-19H2,3H3/t23-,24-/m0/s1. The first-order chi connectivity index (χ1) is 15.1. The van der Waals surface area contributed by atoms with Crippen LogP contribution in [0, 0.1) is 5.92 Å². The second-order valence-electron chi connectivity index (χ2n) is 8.66. The lowest BCUT2D eigenvalue weighted by atomic mass is 9.89. The Bertz CT molecular complexity index is 730. The Morgan fingerprint density at radius 1 is 1.10 bits per heavy atom. The normalized spacial score (nSPS) is 23.5. The Kier molecular flexibility index (Phi) is 8.55. The third-order valence-corrected chi connectivity index (χ3v) is 6.48. The zero-order valence-corrected chi connectivity index (χ0v) is 18.8. The van der Waals surface area contributed by atoms with Gasteiger partial charge in [0.2, 0.25) is 0 Å². The highest BCUT2D eigenvalue weighted by atomic mass is 16.5. The summed E-state index contributed by atoms with van der Waals surface area (Å²) in [7, 11) is 1.64. The number of nitrogens with zero attached hydrogens (tertiary/aromatic N) is 3. The van der Waals surface area contributed by atoms with E-state index in [9.17, 15) is 9.90 Å². The minimum absolute atomic E-state index is 0.0920. The minimum Gasteiger partial charge on any atom is -0.497 e. The maximum Gasteiger partial charge on any atom is 0.335 e. The number of urea groups is 1. The summed E-state index contributed by atoms with van der Waals surface area (Å²) in [5.74, 6) is 1.35. The molecule has 6 nitrogen and oxygen atoms in total. The molecule has 2 atom stereocenters. The van der Waals surface area contributed by atoms with E-state index >= 15 is 0 Å². The molecule has 0 aromatic heterocycles. The Labute approximate surface area is 186 Å². The molecule has 6 heteroatoms. The average Bonchev–Trinajstić information content (AvgIpc) is 2.87. The first-order valence-corrected chi connectivity index (χ1v) is 11.4. The van der Waals surface area contributed by atoms with Gasteiger partial charge in [0.05, 0.1) is 25.8 Å². The van der Waals surface area contributed by atoms with Gasteiger partial charge in [-0.15, -0.1) is 13.2 Å². The molecule has 170 valence electrons. The lowest BCUT2D eigenvalue weighted by molar-refractivity contribution is -0.0165. The van der Waals surface area contributed by atoms with Gasteiger partial charge in [-0.05, 0) is 42.9 Å². The third kappa shape index (κ3) is 5.89. The van der Waals surface area contributed by atoms with Crippen LogP contribution in [-0.2, 0) is 6.42 Å². The minimum atomic E-state index is -0.663.